The molecule has 1 aromatic heterocycles. The molecule has 5 heteroatoms. The van der Waals surface area contributed by atoms with E-state index in [0.717, 1.165) is 11.3 Å². The van der Waals surface area contributed by atoms with Crippen molar-refractivity contribution in [1.29, 1.82) is 0 Å². The summed E-state index contributed by atoms with van der Waals surface area (Å²) in [7, 11) is 1.74. The number of hydrogen-bond acceptors (Lipinski definition) is 4. The summed E-state index contributed by atoms with van der Waals surface area (Å²) in [5.74, 6) is 0.633. The molecule has 0 saturated heterocycles. The summed E-state index contributed by atoms with van der Waals surface area (Å²) < 4.78 is 10.3. The first-order chi connectivity index (χ1) is 10.5. The number of carbonyl (C=O) groups excluding carboxylic acids is 1. The minimum absolute atomic E-state index is 0.0815. The van der Waals surface area contributed by atoms with Crippen LogP contribution in [0.1, 0.15) is 35.9 Å². The average molecular weight is 300 g/mol. The minimum atomic E-state index is -0.161. The van der Waals surface area contributed by atoms with Gasteiger partial charge in [-0.15, -0.1) is 0 Å². The first-order valence-electron chi connectivity index (χ1n) is 7.03. The Labute approximate surface area is 130 Å². The fourth-order valence-electron chi connectivity index (χ4n) is 1.92. The number of nitrogens with zero attached hydrogens (tertiary/aromatic N) is 2. The lowest BCUT2D eigenvalue weighted by Gasteiger charge is -2.23. The van der Waals surface area contributed by atoms with Crippen molar-refractivity contribution in [3.63, 3.8) is 0 Å². The van der Waals surface area contributed by atoms with Crippen LogP contribution in [0.5, 0.6) is 5.75 Å². The van der Waals surface area contributed by atoms with E-state index < -0.39 is 0 Å². The molecule has 1 aromatic carbocycles. The van der Waals surface area contributed by atoms with Gasteiger partial charge in [-0.2, -0.15) is 0 Å². The molecule has 0 aliphatic rings. The van der Waals surface area contributed by atoms with E-state index in [1.165, 1.54) is 6.26 Å². The molecule has 5 nitrogen and oxygen atoms in total. The van der Waals surface area contributed by atoms with Crippen molar-refractivity contribution in [1.82, 2.24) is 10.1 Å². The normalized spacial score (nSPS) is 11.8. The molecule has 2 rings (SSSR count). The molecule has 0 N–H and O–H groups in total. The zero-order valence-electron chi connectivity index (χ0n) is 13.1. The van der Waals surface area contributed by atoms with E-state index in [0.29, 0.717) is 17.9 Å². The average Bonchev–Trinajstić information content (AvgIpc) is 3.05. The highest BCUT2D eigenvalue weighted by molar-refractivity contribution is 5.94. The van der Waals surface area contributed by atoms with Gasteiger partial charge in [-0.1, -0.05) is 11.7 Å². The Hall–Kier alpha value is -2.56. The lowest BCUT2D eigenvalue weighted by molar-refractivity contribution is 0.0737. The van der Waals surface area contributed by atoms with Crippen molar-refractivity contribution in [2.45, 2.75) is 19.9 Å². The molecule has 1 amide bonds. The molecular weight excluding hydrogens is 280 g/mol. The van der Waals surface area contributed by atoms with E-state index >= 15 is 0 Å². The smallest absolute Gasteiger partial charge is 0.254 e. The third-order valence-electron chi connectivity index (χ3n) is 3.37. The molecule has 0 spiro atoms. The molecular formula is C17H20N2O3. The maximum atomic E-state index is 12.5. The second-order valence-corrected chi connectivity index (χ2v) is 5.29. The molecule has 0 fully saturated rings. The standard InChI is InChI=1S/C17H20N2O3/c1-12(2)11-21-15-7-5-14(6-8-15)17(20)19(4)13(3)16-9-10-22-18-16/h5-10,13H,1,11H2,2-4H3/t13-/m0/s1. The number of carbonyl (C=O) groups is 1. The minimum Gasteiger partial charge on any atom is -0.489 e. The highest BCUT2D eigenvalue weighted by Crippen LogP contribution is 2.20. The van der Waals surface area contributed by atoms with Gasteiger partial charge < -0.3 is 14.2 Å². The highest BCUT2D eigenvalue weighted by Gasteiger charge is 2.20. The van der Waals surface area contributed by atoms with Crippen molar-refractivity contribution >= 4 is 5.91 Å². The molecule has 1 atom stereocenters. The molecule has 22 heavy (non-hydrogen) atoms. The summed E-state index contributed by atoms with van der Waals surface area (Å²) in [4.78, 5) is 14.1. The first-order valence-corrected chi connectivity index (χ1v) is 7.03. The fraction of sp³-hybridized carbons (Fsp3) is 0.294. The van der Waals surface area contributed by atoms with Gasteiger partial charge in [-0.05, 0) is 43.7 Å². The van der Waals surface area contributed by atoms with Gasteiger partial charge in [0, 0.05) is 18.7 Å². The van der Waals surface area contributed by atoms with Crippen LogP contribution >= 0.6 is 0 Å². The fourth-order valence-corrected chi connectivity index (χ4v) is 1.92. The Morgan fingerprint density at radius 2 is 2.05 bits per heavy atom. The van der Waals surface area contributed by atoms with Crippen LogP contribution in [0.3, 0.4) is 0 Å². The van der Waals surface area contributed by atoms with Crippen molar-refractivity contribution in [3.05, 3.63) is 60.0 Å². The van der Waals surface area contributed by atoms with Crippen LogP contribution in [0.2, 0.25) is 0 Å². The van der Waals surface area contributed by atoms with Crippen LogP contribution in [-0.2, 0) is 0 Å². The molecule has 0 radical (unpaired) electrons. The Morgan fingerprint density at radius 3 is 2.59 bits per heavy atom. The number of aromatic nitrogens is 1. The van der Waals surface area contributed by atoms with E-state index in [9.17, 15) is 4.79 Å². The number of hydrogen-bond donors (Lipinski definition) is 0. The molecule has 0 aliphatic carbocycles. The van der Waals surface area contributed by atoms with Crippen LogP contribution in [0.25, 0.3) is 0 Å². The topological polar surface area (TPSA) is 55.6 Å². The third-order valence-corrected chi connectivity index (χ3v) is 3.37. The predicted molar refractivity (Wildman–Crippen MR) is 83.8 cm³/mol. The Kier molecular flexibility index (Phi) is 4.99. The molecule has 2 aromatic rings. The maximum absolute atomic E-state index is 12.5. The monoisotopic (exact) mass is 300 g/mol. The third kappa shape index (κ3) is 3.75. The molecule has 0 aliphatic heterocycles. The molecule has 116 valence electrons. The molecule has 0 bridgehead atoms. The molecule has 1 heterocycles. The van der Waals surface area contributed by atoms with E-state index in [4.69, 9.17) is 9.26 Å². The van der Waals surface area contributed by atoms with Crippen molar-refractivity contribution in [3.8, 4) is 5.75 Å². The van der Waals surface area contributed by atoms with Crippen LogP contribution in [0.4, 0.5) is 0 Å². The van der Waals surface area contributed by atoms with Gasteiger partial charge in [0.05, 0.1) is 6.04 Å². The second-order valence-electron chi connectivity index (χ2n) is 5.29. The SMILES string of the molecule is C=C(C)COc1ccc(C(=O)N(C)[C@@H](C)c2ccon2)cc1. The van der Waals surface area contributed by atoms with Gasteiger partial charge in [0.2, 0.25) is 0 Å². The van der Waals surface area contributed by atoms with Gasteiger partial charge in [-0.25, -0.2) is 0 Å². The van der Waals surface area contributed by atoms with Crippen molar-refractivity contribution < 1.29 is 14.1 Å². The summed E-state index contributed by atoms with van der Waals surface area (Å²) in [5, 5.41) is 3.87. The molecule has 0 saturated carbocycles. The Balaban J connectivity index is 2.04. The van der Waals surface area contributed by atoms with Crippen LogP contribution in [0.15, 0.2) is 53.3 Å². The Morgan fingerprint density at radius 1 is 1.36 bits per heavy atom. The van der Waals surface area contributed by atoms with Gasteiger partial charge in [0.1, 0.15) is 24.3 Å². The van der Waals surface area contributed by atoms with Crippen LogP contribution in [-0.4, -0.2) is 29.6 Å². The van der Waals surface area contributed by atoms with Crippen LogP contribution < -0.4 is 4.74 Å². The number of rotatable bonds is 6. The van der Waals surface area contributed by atoms with Crippen molar-refractivity contribution in [2.75, 3.05) is 13.7 Å². The molecule has 0 unspecified atom stereocenters. The van der Waals surface area contributed by atoms with E-state index in [1.807, 2.05) is 13.8 Å². The lowest BCUT2D eigenvalue weighted by atomic mass is 10.1. The highest BCUT2D eigenvalue weighted by atomic mass is 16.5. The van der Waals surface area contributed by atoms with Gasteiger partial charge >= 0.3 is 0 Å². The van der Waals surface area contributed by atoms with Gasteiger partial charge in [-0.3, -0.25) is 4.79 Å². The van der Waals surface area contributed by atoms with Crippen LogP contribution in [0, 0.1) is 0 Å². The van der Waals surface area contributed by atoms with E-state index in [2.05, 4.69) is 11.7 Å². The zero-order valence-corrected chi connectivity index (χ0v) is 13.1. The van der Waals surface area contributed by atoms with Gasteiger partial charge in [0.15, 0.2) is 0 Å². The predicted octanol–water partition coefficient (Wildman–Crippen LogP) is 3.46. The number of amides is 1. The number of benzene rings is 1. The van der Waals surface area contributed by atoms with Crippen molar-refractivity contribution in [2.24, 2.45) is 0 Å². The quantitative estimate of drug-likeness (QED) is 0.767. The zero-order chi connectivity index (χ0) is 16.1. The maximum Gasteiger partial charge on any atom is 0.254 e. The Bertz CT molecular complexity index is 632. The first kappa shape index (κ1) is 15.8. The summed E-state index contributed by atoms with van der Waals surface area (Å²) >= 11 is 0. The largest absolute Gasteiger partial charge is 0.489 e. The van der Waals surface area contributed by atoms with E-state index in [-0.39, 0.29) is 11.9 Å². The summed E-state index contributed by atoms with van der Waals surface area (Å²) in [6.45, 7) is 8.06. The number of ether oxygens (including phenoxy) is 1. The van der Waals surface area contributed by atoms with E-state index in [1.54, 1.807) is 42.3 Å². The summed E-state index contributed by atoms with van der Waals surface area (Å²) in [6, 6.07) is 8.66. The lowest BCUT2D eigenvalue weighted by Crippen LogP contribution is -2.29. The summed E-state index contributed by atoms with van der Waals surface area (Å²) in [6.07, 6.45) is 1.50. The van der Waals surface area contributed by atoms with Gasteiger partial charge in [0.25, 0.3) is 5.91 Å². The second kappa shape index (κ2) is 6.93. The summed E-state index contributed by atoms with van der Waals surface area (Å²) in [5.41, 5.74) is 2.26.